The molecule has 0 aromatic carbocycles. The first kappa shape index (κ1) is 8.48. The van der Waals surface area contributed by atoms with Crippen LogP contribution in [0.5, 0.6) is 0 Å². The van der Waals surface area contributed by atoms with Gasteiger partial charge in [-0.15, -0.1) is 0 Å². The Morgan fingerprint density at radius 2 is 2.33 bits per heavy atom. The van der Waals surface area contributed by atoms with Crippen molar-refractivity contribution < 1.29 is 9.47 Å². The van der Waals surface area contributed by atoms with Gasteiger partial charge in [0.05, 0.1) is 19.3 Å². The maximum atomic E-state index is 5.93. The van der Waals surface area contributed by atoms with Crippen LogP contribution < -0.4 is 5.32 Å². The molecule has 2 aliphatic rings. The molecule has 0 aliphatic carbocycles. The molecule has 2 rings (SSSR count). The molecule has 3 heteroatoms. The Kier molecular flexibility index (Phi) is 2.35. The van der Waals surface area contributed by atoms with E-state index < -0.39 is 0 Å². The molecule has 3 nitrogen and oxygen atoms in total. The molecule has 0 saturated carbocycles. The van der Waals surface area contributed by atoms with Gasteiger partial charge in [0.2, 0.25) is 0 Å². The number of ether oxygens (including phenoxy) is 2. The van der Waals surface area contributed by atoms with E-state index in [-0.39, 0.29) is 5.60 Å². The van der Waals surface area contributed by atoms with Crippen LogP contribution in [-0.4, -0.2) is 38.0 Å². The van der Waals surface area contributed by atoms with Gasteiger partial charge in [0.1, 0.15) is 5.60 Å². The highest BCUT2D eigenvalue weighted by atomic mass is 16.6. The monoisotopic (exact) mass is 171 g/mol. The molecule has 2 fully saturated rings. The summed E-state index contributed by atoms with van der Waals surface area (Å²) >= 11 is 0. The third-order valence-corrected chi connectivity index (χ3v) is 2.52. The Hall–Kier alpha value is -0.120. The maximum Gasteiger partial charge on any atom is 0.112 e. The van der Waals surface area contributed by atoms with Crippen LogP contribution in [0.2, 0.25) is 0 Å². The highest BCUT2D eigenvalue weighted by Crippen LogP contribution is 2.24. The number of hydrogen-bond donors (Lipinski definition) is 1. The van der Waals surface area contributed by atoms with E-state index in [0.717, 1.165) is 26.3 Å². The molecule has 1 unspecified atom stereocenters. The molecule has 2 heterocycles. The minimum absolute atomic E-state index is 0.0175. The lowest BCUT2D eigenvalue weighted by atomic mass is 10.0. The minimum atomic E-state index is 0.0175. The molecular weight excluding hydrogens is 154 g/mol. The molecule has 0 spiro atoms. The van der Waals surface area contributed by atoms with Crippen molar-refractivity contribution >= 4 is 0 Å². The third kappa shape index (κ3) is 1.79. The van der Waals surface area contributed by atoms with E-state index >= 15 is 0 Å². The summed E-state index contributed by atoms with van der Waals surface area (Å²) in [4.78, 5) is 0. The van der Waals surface area contributed by atoms with Gasteiger partial charge in [-0.2, -0.15) is 0 Å². The molecule has 0 bridgehead atoms. The van der Waals surface area contributed by atoms with Gasteiger partial charge in [-0.05, 0) is 26.3 Å². The zero-order valence-corrected chi connectivity index (χ0v) is 7.64. The SMILES string of the molecule is CC1(OC2CCCNC2)COC1. The molecule has 0 amide bonds. The Morgan fingerprint density at radius 3 is 2.83 bits per heavy atom. The summed E-state index contributed by atoms with van der Waals surface area (Å²) in [5, 5.41) is 3.34. The van der Waals surface area contributed by atoms with E-state index in [1.165, 1.54) is 12.8 Å². The molecule has 70 valence electrons. The van der Waals surface area contributed by atoms with E-state index in [1.807, 2.05) is 0 Å². The van der Waals surface area contributed by atoms with Crippen LogP contribution in [0.25, 0.3) is 0 Å². The van der Waals surface area contributed by atoms with Crippen LogP contribution in [0.15, 0.2) is 0 Å². The second kappa shape index (κ2) is 3.32. The second-order valence-electron chi connectivity index (χ2n) is 4.03. The predicted octanol–water partition coefficient (Wildman–Crippen LogP) is 0.544. The van der Waals surface area contributed by atoms with Gasteiger partial charge >= 0.3 is 0 Å². The maximum absolute atomic E-state index is 5.93. The molecule has 1 atom stereocenters. The smallest absolute Gasteiger partial charge is 0.112 e. The molecule has 0 aromatic heterocycles. The zero-order valence-electron chi connectivity index (χ0n) is 7.64. The van der Waals surface area contributed by atoms with E-state index in [0.29, 0.717) is 6.10 Å². The van der Waals surface area contributed by atoms with Crippen molar-refractivity contribution in [2.75, 3.05) is 26.3 Å². The average molecular weight is 171 g/mol. The third-order valence-electron chi connectivity index (χ3n) is 2.52. The number of piperidine rings is 1. The van der Waals surface area contributed by atoms with Crippen molar-refractivity contribution in [2.24, 2.45) is 0 Å². The molecule has 2 saturated heterocycles. The van der Waals surface area contributed by atoms with Crippen molar-refractivity contribution in [3.63, 3.8) is 0 Å². The first-order chi connectivity index (χ1) is 5.79. The van der Waals surface area contributed by atoms with Crippen LogP contribution in [0.4, 0.5) is 0 Å². The van der Waals surface area contributed by atoms with Gasteiger partial charge in [0, 0.05) is 6.54 Å². The summed E-state index contributed by atoms with van der Waals surface area (Å²) in [6.07, 6.45) is 2.84. The number of hydrogen-bond acceptors (Lipinski definition) is 3. The molecule has 0 radical (unpaired) electrons. The minimum Gasteiger partial charge on any atom is -0.375 e. The fourth-order valence-corrected chi connectivity index (χ4v) is 1.78. The fraction of sp³-hybridized carbons (Fsp3) is 1.00. The largest absolute Gasteiger partial charge is 0.375 e. The van der Waals surface area contributed by atoms with Crippen molar-refractivity contribution in [1.29, 1.82) is 0 Å². The summed E-state index contributed by atoms with van der Waals surface area (Å²) in [7, 11) is 0. The van der Waals surface area contributed by atoms with Gasteiger partial charge in [0.15, 0.2) is 0 Å². The lowest BCUT2D eigenvalue weighted by Gasteiger charge is -2.41. The highest BCUT2D eigenvalue weighted by molar-refractivity contribution is 4.85. The quantitative estimate of drug-likeness (QED) is 0.658. The topological polar surface area (TPSA) is 30.5 Å². The number of rotatable bonds is 2. The van der Waals surface area contributed by atoms with Crippen molar-refractivity contribution in [3.8, 4) is 0 Å². The predicted molar refractivity (Wildman–Crippen MR) is 46.2 cm³/mol. The Morgan fingerprint density at radius 1 is 1.50 bits per heavy atom. The van der Waals surface area contributed by atoms with Gasteiger partial charge in [0.25, 0.3) is 0 Å². The summed E-state index contributed by atoms with van der Waals surface area (Å²) in [5.41, 5.74) is 0.0175. The highest BCUT2D eigenvalue weighted by Gasteiger charge is 2.36. The van der Waals surface area contributed by atoms with Crippen LogP contribution in [-0.2, 0) is 9.47 Å². The zero-order chi connectivity index (χ0) is 8.44. The van der Waals surface area contributed by atoms with Crippen LogP contribution in [0, 0.1) is 0 Å². The van der Waals surface area contributed by atoms with Crippen LogP contribution in [0.3, 0.4) is 0 Å². The Balaban J connectivity index is 1.77. The van der Waals surface area contributed by atoms with Crippen molar-refractivity contribution in [3.05, 3.63) is 0 Å². The number of nitrogens with one attached hydrogen (secondary N) is 1. The summed E-state index contributed by atoms with van der Waals surface area (Å²) < 4.78 is 11.1. The average Bonchev–Trinajstić information content (AvgIpc) is 2.04. The molecule has 2 aliphatic heterocycles. The van der Waals surface area contributed by atoms with E-state index in [2.05, 4.69) is 12.2 Å². The standard InChI is InChI=1S/C9H17NO2/c1-9(6-11-7-9)12-8-3-2-4-10-5-8/h8,10H,2-7H2,1H3. The summed E-state index contributed by atoms with van der Waals surface area (Å²) in [6.45, 7) is 5.82. The fourth-order valence-electron chi connectivity index (χ4n) is 1.78. The first-order valence-corrected chi connectivity index (χ1v) is 4.75. The van der Waals surface area contributed by atoms with Crippen molar-refractivity contribution in [2.45, 2.75) is 31.5 Å². The summed E-state index contributed by atoms with van der Waals surface area (Å²) in [6, 6.07) is 0. The molecule has 1 N–H and O–H groups in total. The Bertz CT molecular complexity index is 151. The lowest BCUT2D eigenvalue weighted by Crippen LogP contribution is -2.53. The van der Waals surface area contributed by atoms with E-state index in [9.17, 15) is 0 Å². The normalized spacial score (nSPS) is 34.2. The van der Waals surface area contributed by atoms with Crippen molar-refractivity contribution in [1.82, 2.24) is 5.32 Å². The first-order valence-electron chi connectivity index (χ1n) is 4.75. The second-order valence-corrected chi connectivity index (χ2v) is 4.03. The summed E-state index contributed by atoms with van der Waals surface area (Å²) in [5.74, 6) is 0. The molecule has 12 heavy (non-hydrogen) atoms. The van der Waals surface area contributed by atoms with Gasteiger partial charge < -0.3 is 14.8 Å². The van der Waals surface area contributed by atoms with E-state index in [1.54, 1.807) is 0 Å². The molecule has 0 aromatic rings. The van der Waals surface area contributed by atoms with Crippen LogP contribution in [0.1, 0.15) is 19.8 Å². The van der Waals surface area contributed by atoms with E-state index in [4.69, 9.17) is 9.47 Å². The lowest BCUT2D eigenvalue weighted by molar-refractivity contribution is -0.222. The van der Waals surface area contributed by atoms with Gasteiger partial charge in [-0.3, -0.25) is 0 Å². The van der Waals surface area contributed by atoms with Crippen LogP contribution >= 0.6 is 0 Å². The van der Waals surface area contributed by atoms with Gasteiger partial charge in [-0.25, -0.2) is 0 Å². The Labute approximate surface area is 73.4 Å². The van der Waals surface area contributed by atoms with Gasteiger partial charge in [-0.1, -0.05) is 0 Å². The molecular formula is C9H17NO2.